The number of aryl methyl sites for hydroxylation is 1. The minimum absolute atomic E-state index is 0. The molecule has 1 aromatic rings. The van der Waals surface area contributed by atoms with E-state index < -0.39 is 0 Å². The Hall–Kier alpha value is -0.940. The van der Waals surface area contributed by atoms with Gasteiger partial charge in [0.05, 0.1) is 26.4 Å². The number of aliphatic imine (C=N–C) groups is 1. The maximum atomic E-state index is 8.68. The number of guanidine groups is 1. The van der Waals surface area contributed by atoms with Gasteiger partial charge in [-0.2, -0.15) is 0 Å². The summed E-state index contributed by atoms with van der Waals surface area (Å²) in [4.78, 5) is 4.49. The van der Waals surface area contributed by atoms with Crippen molar-refractivity contribution in [1.82, 2.24) is 25.4 Å². The number of halogens is 1. The number of aliphatic hydroxyl groups is 1. The van der Waals surface area contributed by atoms with Gasteiger partial charge in [0.15, 0.2) is 5.96 Å². The summed E-state index contributed by atoms with van der Waals surface area (Å²) in [5, 5.41) is 23.4. The van der Waals surface area contributed by atoms with Gasteiger partial charge in [-0.1, -0.05) is 13.8 Å². The molecule has 0 aliphatic rings. The molecule has 9 heteroatoms. The van der Waals surface area contributed by atoms with Gasteiger partial charge in [0.1, 0.15) is 12.2 Å². The molecule has 0 aliphatic carbocycles. The van der Waals surface area contributed by atoms with Crippen molar-refractivity contribution in [1.29, 1.82) is 0 Å². The number of nitrogens with one attached hydrogen (secondary N) is 2. The maximum Gasteiger partial charge on any atom is 0.191 e. The summed E-state index contributed by atoms with van der Waals surface area (Å²) in [6, 6.07) is 0.348. The van der Waals surface area contributed by atoms with Crippen molar-refractivity contribution in [2.24, 2.45) is 4.99 Å². The molecule has 1 heterocycles. The molecule has 0 aromatic carbocycles. The molecule has 0 fully saturated rings. The van der Waals surface area contributed by atoms with Gasteiger partial charge in [0.2, 0.25) is 0 Å². The molecule has 0 saturated carbocycles. The lowest BCUT2D eigenvalue weighted by Gasteiger charge is -2.17. The molecule has 0 spiro atoms. The topological polar surface area (TPSA) is 96.6 Å². The Morgan fingerprint density at radius 2 is 2.21 bits per heavy atom. The van der Waals surface area contributed by atoms with Crippen LogP contribution < -0.4 is 10.6 Å². The predicted octanol–water partition coefficient (Wildman–Crippen LogP) is 0.801. The number of nitrogens with zero attached hydrogens (tertiary/aromatic N) is 4. The zero-order chi connectivity index (χ0) is 16.9. The van der Waals surface area contributed by atoms with Crippen LogP contribution in [-0.4, -0.2) is 64.8 Å². The minimum Gasteiger partial charge on any atom is -0.394 e. The van der Waals surface area contributed by atoms with E-state index in [4.69, 9.17) is 9.84 Å². The first-order chi connectivity index (χ1) is 11.2. The normalized spacial score (nSPS) is 12.6. The zero-order valence-electron chi connectivity index (χ0n) is 14.9. The highest BCUT2D eigenvalue weighted by molar-refractivity contribution is 14.0. The number of hydrogen-bond acceptors (Lipinski definition) is 5. The average Bonchev–Trinajstić information content (AvgIpc) is 3.01. The van der Waals surface area contributed by atoms with Crippen LogP contribution in [0.15, 0.2) is 11.3 Å². The van der Waals surface area contributed by atoms with Crippen LogP contribution in [0.3, 0.4) is 0 Å². The van der Waals surface area contributed by atoms with Gasteiger partial charge in [-0.05, 0) is 13.3 Å². The van der Waals surface area contributed by atoms with Crippen LogP contribution in [-0.2, 0) is 17.7 Å². The van der Waals surface area contributed by atoms with E-state index in [-0.39, 0.29) is 30.6 Å². The molecule has 8 nitrogen and oxygen atoms in total. The van der Waals surface area contributed by atoms with Crippen LogP contribution in [0.25, 0.3) is 0 Å². The quantitative estimate of drug-likeness (QED) is 0.198. The molecule has 24 heavy (non-hydrogen) atoms. The van der Waals surface area contributed by atoms with E-state index in [0.29, 0.717) is 25.8 Å². The van der Waals surface area contributed by atoms with E-state index in [1.165, 1.54) is 0 Å². The molecular weight excluding hydrogens is 423 g/mol. The van der Waals surface area contributed by atoms with Gasteiger partial charge in [-0.25, -0.2) is 0 Å². The van der Waals surface area contributed by atoms with Crippen LogP contribution in [0.2, 0.25) is 0 Å². The monoisotopic (exact) mass is 454 g/mol. The molecular formula is C15H31IN6O2. The van der Waals surface area contributed by atoms with Gasteiger partial charge in [-0.15, -0.1) is 34.2 Å². The average molecular weight is 454 g/mol. The second-order valence-electron chi connectivity index (χ2n) is 5.24. The molecule has 0 aliphatic heterocycles. The Kier molecular flexibility index (Phi) is 13.8. The van der Waals surface area contributed by atoms with Crippen molar-refractivity contribution >= 4 is 29.9 Å². The van der Waals surface area contributed by atoms with Crippen molar-refractivity contribution in [3.05, 3.63) is 12.2 Å². The second-order valence-corrected chi connectivity index (χ2v) is 5.24. The molecule has 0 radical (unpaired) electrons. The van der Waals surface area contributed by atoms with Gasteiger partial charge in [0, 0.05) is 25.6 Å². The summed E-state index contributed by atoms with van der Waals surface area (Å²) in [5.41, 5.74) is 0. The maximum absolute atomic E-state index is 8.68. The first kappa shape index (κ1) is 23.1. The van der Waals surface area contributed by atoms with Crippen LogP contribution in [0.5, 0.6) is 0 Å². The first-order valence-corrected chi connectivity index (χ1v) is 8.31. The number of rotatable bonds is 11. The Morgan fingerprint density at radius 1 is 1.42 bits per heavy atom. The molecule has 140 valence electrons. The number of ether oxygens (including phenoxy) is 1. The summed E-state index contributed by atoms with van der Waals surface area (Å²) < 4.78 is 7.26. The van der Waals surface area contributed by atoms with Crippen LogP contribution in [0.4, 0.5) is 0 Å². The third kappa shape index (κ3) is 9.38. The molecule has 1 atom stereocenters. The summed E-state index contributed by atoms with van der Waals surface area (Å²) in [7, 11) is 0. The Balaban J connectivity index is 0.00000529. The molecule has 1 aromatic heterocycles. The summed E-state index contributed by atoms with van der Waals surface area (Å²) in [6.45, 7) is 9.29. The highest BCUT2D eigenvalue weighted by Crippen LogP contribution is 1.95. The van der Waals surface area contributed by atoms with Gasteiger partial charge < -0.3 is 25.0 Å². The summed E-state index contributed by atoms with van der Waals surface area (Å²) in [5.74, 6) is 1.76. The number of aliphatic hydroxyl groups excluding tert-OH is 1. The number of hydrogen-bond donors (Lipinski definition) is 3. The summed E-state index contributed by atoms with van der Waals surface area (Å²) >= 11 is 0. The second kappa shape index (κ2) is 14.4. The van der Waals surface area contributed by atoms with E-state index in [1.807, 2.05) is 4.57 Å². The molecule has 1 rings (SSSR count). The van der Waals surface area contributed by atoms with Gasteiger partial charge in [0.25, 0.3) is 0 Å². The fourth-order valence-corrected chi connectivity index (χ4v) is 1.91. The smallest absolute Gasteiger partial charge is 0.191 e. The van der Waals surface area contributed by atoms with Crippen molar-refractivity contribution < 1.29 is 9.84 Å². The lowest BCUT2D eigenvalue weighted by molar-refractivity contribution is 0.0977. The molecule has 0 saturated heterocycles. The predicted molar refractivity (Wildman–Crippen MR) is 106 cm³/mol. The Bertz CT molecular complexity index is 455. The van der Waals surface area contributed by atoms with E-state index in [1.54, 1.807) is 6.33 Å². The van der Waals surface area contributed by atoms with Crippen LogP contribution in [0.1, 0.15) is 33.0 Å². The van der Waals surface area contributed by atoms with Gasteiger partial charge >= 0.3 is 0 Å². The lowest BCUT2D eigenvalue weighted by Crippen LogP contribution is -2.43. The fraction of sp³-hybridized carbons (Fsp3) is 0.800. The first-order valence-electron chi connectivity index (χ1n) is 8.31. The molecule has 0 amide bonds. The third-order valence-corrected chi connectivity index (χ3v) is 3.39. The van der Waals surface area contributed by atoms with Crippen LogP contribution >= 0.6 is 24.0 Å². The minimum atomic E-state index is 0. The van der Waals surface area contributed by atoms with Gasteiger partial charge in [-0.3, -0.25) is 4.99 Å². The number of aromatic nitrogens is 3. The van der Waals surface area contributed by atoms with Crippen molar-refractivity contribution in [3.63, 3.8) is 0 Å². The van der Waals surface area contributed by atoms with Crippen molar-refractivity contribution in [3.8, 4) is 0 Å². The summed E-state index contributed by atoms with van der Waals surface area (Å²) in [6.07, 6.45) is 3.64. The fourth-order valence-electron chi connectivity index (χ4n) is 1.91. The molecule has 3 N–H and O–H groups in total. The zero-order valence-corrected chi connectivity index (χ0v) is 17.2. The van der Waals surface area contributed by atoms with E-state index in [0.717, 1.165) is 37.7 Å². The highest BCUT2D eigenvalue weighted by atomic mass is 127. The van der Waals surface area contributed by atoms with E-state index in [2.05, 4.69) is 46.6 Å². The third-order valence-electron chi connectivity index (χ3n) is 3.39. The van der Waals surface area contributed by atoms with Crippen LogP contribution in [0, 0.1) is 0 Å². The van der Waals surface area contributed by atoms with E-state index >= 15 is 0 Å². The van der Waals surface area contributed by atoms with Crippen molar-refractivity contribution in [2.45, 2.75) is 46.2 Å². The highest BCUT2D eigenvalue weighted by Gasteiger charge is 2.05. The Labute approximate surface area is 161 Å². The molecule has 0 bridgehead atoms. The molecule has 1 unspecified atom stereocenters. The van der Waals surface area contributed by atoms with Crippen molar-refractivity contribution in [2.75, 3.05) is 32.9 Å². The Morgan fingerprint density at radius 3 is 2.88 bits per heavy atom. The SMILES string of the molecule is CCc1nncn1CCNC(=NCCOCCO)NC(C)CC.I. The van der Waals surface area contributed by atoms with E-state index in [9.17, 15) is 0 Å². The standard InChI is InChI=1S/C15H30N6O2.HI/c1-4-13(3)19-15(17-7-10-23-11-9-22)16-6-8-21-12-18-20-14(21)5-2;/h12-13,22H,4-11H2,1-3H3,(H2,16,17,19);1H. The lowest BCUT2D eigenvalue weighted by atomic mass is 10.3. The largest absolute Gasteiger partial charge is 0.394 e.